The van der Waals surface area contributed by atoms with Gasteiger partial charge in [0.25, 0.3) is 0 Å². The standard InChI is InChI=1S/C50H30OS/c1-2-14-31(15-3-1)46-33-16-4-6-18-35(33)47(36-19-7-5-17-34(36)46)32-27-28-44-42(30-32)50-41(24-12-26-45(50)52-44)48-37-20-8-10-22-39(37)49(43-25-13-29-51-43)40-23-11-9-21-38(40)48/h1-30H. The van der Waals surface area contributed by atoms with Crippen LogP contribution in [0.25, 0.3) is 108 Å². The highest BCUT2D eigenvalue weighted by Gasteiger charge is 2.22. The van der Waals surface area contributed by atoms with Crippen LogP contribution in [0.5, 0.6) is 0 Å². The molecule has 2 heterocycles. The highest BCUT2D eigenvalue weighted by molar-refractivity contribution is 7.26. The Hall–Kier alpha value is -6.48. The van der Waals surface area contributed by atoms with Crippen molar-refractivity contribution in [1.29, 1.82) is 0 Å². The molecule has 11 aromatic rings. The van der Waals surface area contributed by atoms with E-state index in [4.69, 9.17) is 4.42 Å². The highest BCUT2D eigenvalue weighted by Crippen LogP contribution is 2.49. The molecule has 0 aliphatic heterocycles. The van der Waals surface area contributed by atoms with E-state index < -0.39 is 0 Å². The summed E-state index contributed by atoms with van der Waals surface area (Å²) in [6.45, 7) is 0. The Bertz CT molecular complexity index is 3050. The summed E-state index contributed by atoms with van der Waals surface area (Å²) in [5.74, 6) is 0.889. The van der Waals surface area contributed by atoms with E-state index in [1.54, 1.807) is 6.26 Å². The van der Waals surface area contributed by atoms with Crippen molar-refractivity contribution in [2.75, 3.05) is 0 Å². The fourth-order valence-corrected chi connectivity index (χ4v) is 9.76. The first-order valence-corrected chi connectivity index (χ1v) is 18.6. The third-order valence-electron chi connectivity index (χ3n) is 10.7. The Balaban J connectivity index is 1.23. The van der Waals surface area contributed by atoms with E-state index in [2.05, 4.69) is 170 Å². The molecule has 9 aromatic carbocycles. The normalized spacial score (nSPS) is 11.8. The smallest absolute Gasteiger partial charge is 0.135 e. The lowest BCUT2D eigenvalue weighted by molar-refractivity contribution is 0.583. The summed E-state index contributed by atoms with van der Waals surface area (Å²) in [5, 5.41) is 12.5. The molecule has 0 saturated carbocycles. The minimum atomic E-state index is 0.889. The predicted molar refractivity (Wildman–Crippen MR) is 223 cm³/mol. The van der Waals surface area contributed by atoms with E-state index in [-0.39, 0.29) is 0 Å². The van der Waals surface area contributed by atoms with Gasteiger partial charge in [0.1, 0.15) is 5.76 Å². The average Bonchev–Trinajstić information content (AvgIpc) is 3.88. The lowest BCUT2D eigenvalue weighted by Gasteiger charge is -2.18. The van der Waals surface area contributed by atoms with E-state index >= 15 is 0 Å². The van der Waals surface area contributed by atoms with Gasteiger partial charge < -0.3 is 4.42 Å². The molecule has 0 saturated heterocycles. The number of fused-ring (bicyclic) bond motifs is 7. The van der Waals surface area contributed by atoms with Crippen molar-refractivity contribution in [3.05, 3.63) is 182 Å². The first-order valence-electron chi connectivity index (χ1n) is 17.8. The molecule has 0 aliphatic rings. The molecule has 2 heteroatoms. The van der Waals surface area contributed by atoms with Crippen LogP contribution in [0.1, 0.15) is 0 Å². The second-order valence-electron chi connectivity index (χ2n) is 13.5. The van der Waals surface area contributed by atoms with Crippen LogP contribution in [0.3, 0.4) is 0 Å². The van der Waals surface area contributed by atoms with Crippen LogP contribution in [-0.2, 0) is 0 Å². The Morgan fingerprint density at radius 1 is 0.327 bits per heavy atom. The van der Waals surface area contributed by atoms with Gasteiger partial charge in [0.05, 0.1) is 6.26 Å². The van der Waals surface area contributed by atoms with Crippen LogP contribution in [-0.4, -0.2) is 0 Å². The molecule has 1 nitrogen and oxygen atoms in total. The third-order valence-corrected chi connectivity index (χ3v) is 11.9. The van der Waals surface area contributed by atoms with Crippen molar-refractivity contribution in [1.82, 2.24) is 0 Å². The first-order chi connectivity index (χ1) is 25.8. The van der Waals surface area contributed by atoms with Crippen molar-refractivity contribution < 1.29 is 4.42 Å². The minimum Gasteiger partial charge on any atom is -0.464 e. The summed E-state index contributed by atoms with van der Waals surface area (Å²) in [7, 11) is 0. The van der Waals surface area contributed by atoms with Crippen LogP contribution in [0.4, 0.5) is 0 Å². The fraction of sp³-hybridized carbons (Fsp3) is 0. The zero-order chi connectivity index (χ0) is 34.2. The van der Waals surface area contributed by atoms with Crippen molar-refractivity contribution in [2.24, 2.45) is 0 Å². The SMILES string of the molecule is c1ccc(-c2c3ccccc3c(-c3ccc4sc5cccc(-c6c7ccccc7c(-c7ccco7)c7ccccc67)c5c4c3)c3ccccc23)cc1. The predicted octanol–water partition coefficient (Wildman–Crippen LogP) is 14.9. The molecule has 0 N–H and O–H groups in total. The maximum atomic E-state index is 6.05. The molecule has 0 amide bonds. The lowest BCUT2D eigenvalue weighted by atomic mass is 9.85. The van der Waals surface area contributed by atoms with E-state index in [0.29, 0.717) is 0 Å². The van der Waals surface area contributed by atoms with Crippen LogP contribution in [0.15, 0.2) is 187 Å². The molecule has 0 radical (unpaired) electrons. The van der Waals surface area contributed by atoms with Crippen LogP contribution >= 0.6 is 11.3 Å². The van der Waals surface area contributed by atoms with E-state index in [1.807, 2.05) is 17.4 Å². The van der Waals surface area contributed by atoms with Crippen LogP contribution < -0.4 is 0 Å². The van der Waals surface area contributed by atoms with Gasteiger partial charge in [0.15, 0.2) is 0 Å². The van der Waals surface area contributed by atoms with Crippen molar-refractivity contribution in [3.8, 4) is 44.7 Å². The minimum absolute atomic E-state index is 0.889. The highest BCUT2D eigenvalue weighted by atomic mass is 32.1. The molecule has 0 fully saturated rings. The first kappa shape index (κ1) is 29.3. The number of hydrogen-bond acceptors (Lipinski definition) is 2. The number of hydrogen-bond donors (Lipinski definition) is 0. The fourth-order valence-electron chi connectivity index (χ4n) is 8.65. The molecular formula is C50H30OS. The molecule has 0 spiro atoms. The van der Waals surface area contributed by atoms with E-state index in [9.17, 15) is 0 Å². The lowest BCUT2D eigenvalue weighted by Crippen LogP contribution is -1.91. The van der Waals surface area contributed by atoms with Crippen molar-refractivity contribution in [2.45, 2.75) is 0 Å². The van der Waals surface area contributed by atoms with Gasteiger partial charge in [-0.15, -0.1) is 11.3 Å². The maximum absolute atomic E-state index is 6.05. The zero-order valence-corrected chi connectivity index (χ0v) is 29.0. The monoisotopic (exact) mass is 678 g/mol. The van der Waals surface area contributed by atoms with Gasteiger partial charge in [0.2, 0.25) is 0 Å². The van der Waals surface area contributed by atoms with Gasteiger partial charge >= 0.3 is 0 Å². The Kier molecular flexibility index (Phi) is 6.49. The quantitative estimate of drug-likeness (QED) is 0.169. The second-order valence-corrected chi connectivity index (χ2v) is 14.6. The molecule has 0 aliphatic carbocycles. The number of furan rings is 1. The summed E-state index contributed by atoms with van der Waals surface area (Å²) in [5.41, 5.74) is 8.70. The Morgan fingerprint density at radius 3 is 1.40 bits per heavy atom. The van der Waals surface area contributed by atoms with Gasteiger partial charge in [-0.3, -0.25) is 0 Å². The topological polar surface area (TPSA) is 13.1 Å². The van der Waals surface area contributed by atoms with E-state index in [1.165, 1.54) is 96.6 Å². The maximum Gasteiger partial charge on any atom is 0.135 e. The number of thiophene rings is 1. The van der Waals surface area contributed by atoms with Crippen molar-refractivity contribution >= 4 is 74.6 Å². The van der Waals surface area contributed by atoms with E-state index in [0.717, 1.165) is 11.3 Å². The van der Waals surface area contributed by atoms with Gasteiger partial charge in [0, 0.05) is 25.7 Å². The van der Waals surface area contributed by atoms with Crippen LogP contribution in [0.2, 0.25) is 0 Å². The summed E-state index contributed by atoms with van der Waals surface area (Å²) in [6.07, 6.45) is 1.77. The Morgan fingerprint density at radius 2 is 0.846 bits per heavy atom. The molecular weight excluding hydrogens is 649 g/mol. The zero-order valence-electron chi connectivity index (χ0n) is 28.1. The second kappa shape index (κ2) is 11.5. The van der Waals surface area contributed by atoms with Gasteiger partial charge in [-0.25, -0.2) is 0 Å². The number of benzene rings is 9. The van der Waals surface area contributed by atoms with Crippen LogP contribution in [0, 0.1) is 0 Å². The van der Waals surface area contributed by atoms with Crippen molar-refractivity contribution in [3.63, 3.8) is 0 Å². The largest absolute Gasteiger partial charge is 0.464 e. The number of rotatable bonds is 4. The molecule has 0 bridgehead atoms. The van der Waals surface area contributed by atoms with Gasteiger partial charge in [-0.05, 0) is 107 Å². The molecule has 0 unspecified atom stereocenters. The third kappa shape index (κ3) is 4.28. The summed E-state index contributed by atoms with van der Waals surface area (Å²) < 4.78 is 8.63. The molecule has 0 atom stereocenters. The average molecular weight is 679 g/mol. The summed E-state index contributed by atoms with van der Waals surface area (Å²) in [6, 6.07) is 64.3. The molecule has 2 aromatic heterocycles. The molecule has 11 rings (SSSR count). The Labute approximate surface area is 304 Å². The molecule has 52 heavy (non-hydrogen) atoms. The molecule has 242 valence electrons. The van der Waals surface area contributed by atoms with Gasteiger partial charge in [-0.1, -0.05) is 146 Å². The van der Waals surface area contributed by atoms with Gasteiger partial charge in [-0.2, -0.15) is 0 Å². The summed E-state index contributed by atoms with van der Waals surface area (Å²) >= 11 is 1.88. The summed E-state index contributed by atoms with van der Waals surface area (Å²) in [4.78, 5) is 0.